The number of hydrogen-bond acceptors (Lipinski definition) is 3. The Morgan fingerprint density at radius 2 is 1.89 bits per heavy atom. The van der Waals surface area contributed by atoms with Crippen molar-refractivity contribution in [3.8, 4) is 0 Å². The van der Waals surface area contributed by atoms with E-state index in [1.165, 1.54) is 12.1 Å². The molecule has 0 spiro atoms. The number of alkyl halides is 3. The lowest BCUT2D eigenvalue weighted by Crippen LogP contribution is -2.54. The highest BCUT2D eigenvalue weighted by Gasteiger charge is 2.48. The lowest BCUT2D eigenvalue weighted by atomic mass is 9.74. The Bertz CT molecular complexity index is 683. The molecule has 2 aliphatic rings. The number of nitrogens with two attached hydrogens (primary N) is 1. The third kappa shape index (κ3) is 3.93. The predicted octanol–water partition coefficient (Wildman–Crippen LogP) is 3.51. The molecule has 2 N–H and O–H groups in total. The van der Waals surface area contributed by atoms with E-state index in [-0.39, 0.29) is 17.9 Å². The summed E-state index contributed by atoms with van der Waals surface area (Å²) in [5.41, 5.74) is 5.61. The van der Waals surface area contributed by atoms with E-state index in [1.807, 2.05) is 9.80 Å². The van der Waals surface area contributed by atoms with Gasteiger partial charge in [-0.1, -0.05) is 19.9 Å². The maximum absolute atomic E-state index is 13.2. The van der Waals surface area contributed by atoms with Crippen molar-refractivity contribution < 1.29 is 18.0 Å². The first kappa shape index (κ1) is 20.0. The molecule has 1 aliphatic carbocycles. The number of amides is 1. The fourth-order valence-corrected chi connectivity index (χ4v) is 4.44. The first-order chi connectivity index (χ1) is 12.6. The minimum atomic E-state index is -4.35. The van der Waals surface area contributed by atoms with E-state index in [0.29, 0.717) is 31.9 Å². The lowest BCUT2D eigenvalue weighted by molar-refractivity contribution is -0.145. The van der Waals surface area contributed by atoms with Crippen molar-refractivity contribution in [1.82, 2.24) is 4.90 Å². The summed E-state index contributed by atoms with van der Waals surface area (Å²) < 4.78 is 38.8. The number of piperazine rings is 1. The third-order valence-corrected chi connectivity index (χ3v) is 6.22. The van der Waals surface area contributed by atoms with Gasteiger partial charge in [0.15, 0.2) is 0 Å². The summed E-state index contributed by atoms with van der Waals surface area (Å²) in [5.74, 6) is 0.384. The molecular weight excluding hydrogens is 355 g/mol. The molecule has 1 aliphatic heterocycles. The van der Waals surface area contributed by atoms with Crippen LogP contribution >= 0.6 is 0 Å². The van der Waals surface area contributed by atoms with Gasteiger partial charge in [0, 0.05) is 37.9 Å². The highest BCUT2D eigenvalue weighted by molar-refractivity contribution is 5.84. The van der Waals surface area contributed by atoms with Crippen LogP contribution < -0.4 is 10.6 Å². The molecule has 0 aromatic heterocycles. The highest BCUT2D eigenvalue weighted by atomic mass is 19.4. The molecule has 2 atom stereocenters. The Kier molecular flexibility index (Phi) is 5.43. The second-order valence-electron chi connectivity index (χ2n) is 8.14. The van der Waals surface area contributed by atoms with Crippen LogP contribution in [0.2, 0.25) is 0 Å². The molecule has 1 heterocycles. The first-order valence-corrected chi connectivity index (χ1v) is 9.60. The number of anilines is 1. The van der Waals surface area contributed by atoms with E-state index in [0.717, 1.165) is 25.3 Å². The zero-order valence-electron chi connectivity index (χ0n) is 15.9. The van der Waals surface area contributed by atoms with Crippen LogP contribution in [0, 0.1) is 11.3 Å². The minimum absolute atomic E-state index is 0.0720. The molecule has 7 heteroatoms. The molecule has 0 radical (unpaired) electrons. The van der Waals surface area contributed by atoms with E-state index < -0.39 is 17.2 Å². The van der Waals surface area contributed by atoms with Gasteiger partial charge in [0.2, 0.25) is 5.91 Å². The molecular formula is C20H28F3N3O. The Hall–Kier alpha value is -1.76. The Morgan fingerprint density at radius 3 is 2.41 bits per heavy atom. The molecule has 2 unspecified atom stereocenters. The molecule has 1 saturated heterocycles. The first-order valence-electron chi connectivity index (χ1n) is 9.60. The van der Waals surface area contributed by atoms with Gasteiger partial charge in [0.25, 0.3) is 0 Å². The number of nitrogens with zero attached hydrogens (tertiary/aromatic N) is 2. The molecule has 3 rings (SSSR count). The van der Waals surface area contributed by atoms with Crippen LogP contribution in [0.15, 0.2) is 24.3 Å². The van der Waals surface area contributed by atoms with Crippen LogP contribution in [-0.4, -0.2) is 43.0 Å². The molecule has 150 valence electrons. The zero-order valence-corrected chi connectivity index (χ0v) is 15.9. The van der Waals surface area contributed by atoms with Gasteiger partial charge in [-0.15, -0.1) is 0 Å². The Labute approximate surface area is 158 Å². The van der Waals surface area contributed by atoms with Crippen molar-refractivity contribution in [3.63, 3.8) is 0 Å². The maximum atomic E-state index is 13.2. The quantitative estimate of drug-likeness (QED) is 0.869. The van der Waals surface area contributed by atoms with Gasteiger partial charge >= 0.3 is 6.18 Å². The summed E-state index contributed by atoms with van der Waals surface area (Å²) in [7, 11) is 0. The van der Waals surface area contributed by atoms with Crippen LogP contribution in [0.4, 0.5) is 18.9 Å². The fraction of sp³-hybridized carbons (Fsp3) is 0.650. The summed E-state index contributed by atoms with van der Waals surface area (Å²) in [6.45, 7) is 6.28. The summed E-state index contributed by atoms with van der Waals surface area (Å²) in [5, 5.41) is 0. The van der Waals surface area contributed by atoms with Crippen LogP contribution in [0.25, 0.3) is 0 Å². The Balaban J connectivity index is 1.68. The molecule has 1 saturated carbocycles. The van der Waals surface area contributed by atoms with E-state index in [1.54, 1.807) is 6.07 Å². The van der Waals surface area contributed by atoms with E-state index in [9.17, 15) is 18.0 Å². The molecule has 27 heavy (non-hydrogen) atoms. The Morgan fingerprint density at radius 1 is 1.22 bits per heavy atom. The van der Waals surface area contributed by atoms with Crippen LogP contribution in [0.3, 0.4) is 0 Å². The lowest BCUT2D eigenvalue weighted by Gasteiger charge is -2.42. The number of hydrogen-bond donors (Lipinski definition) is 1. The van der Waals surface area contributed by atoms with Gasteiger partial charge in [-0.25, -0.2) is 0 Å². The number of carbonyl (C=O) groups excluding carboxylic acids is 1. The normalized spacial score (nSPS) is 26.7. The molecule has 4 nitrogen and oxygen atoms in total. The number of benzene rings is 1. The summed E-state index contributed by atoms with van der Waals surface area (Å²) in [6, 6.07) is 5.46. The minimum Gasteiger partial charge on any atom is -0.368 e. The summed E-state index contributed by atoms with van der Waals surface area (Å²) in [6.07, 6.45) is -1.94. The van der Waals surface area contributed by atoms with Crippen LogP contribution in [-0.2, 0) is 11.0 Å². The molecule has 1 aromatic carbocycles. The highest BCUT2D eigenvalue weighted by Crippen LogP contribution is 2.45. The van der Waals surface area contributed by atoms with Crippen molar-refractivity contribution in [2.45, 2.75) is 45.3 Å². The van der Waals surface area contributed by atoms with Gasteiger partial charge in [0.05, 0.1) is 11.0 Å². The molecule has 1 amide bonds. The van der Waals surface area contributed by atoms with Crippen molar-refractivity contribution >= 4 is 11.6 Å². The standard InChI is InChI=1S/C20H28F3N3O/c1-14(2)19(7-6-16(24)13-19)18(27)26-10-8-25(9-11-26)17-5-3-4-15(12-17)20(21,22)23/h3-5,12,14,16H,6-11,13,24H2,1-2H3. The number of halogens is 3. The van der Waals surface area contributed by atoms with Crippen LogP contribution in [0.1, 0.15) is 38.7 Å². The fourth-order valence-electron chi connectivity index (χ4n) is 4.44. The molecule has 2 fully saturated rings. The van der Waals surface area contributed by atoms with E-state index >= 15 is 0 Å². The largest absolute Gasteiger partial charge is 0.416 e. The second kappa shape index (κ2) is 7.34. The average Bonchev–Trinajstić information content (AvgIpc) is 3.04. The number of rotatable bonds is 3. The van der Waals surface area contributed by atoms with Crippen LogP contribution in [0.5, 0.6) is 0 Å². The molecule has 1 aromatic rings. The maximum Gasteiger partial charge on any atom is 0.416 e. The van der Waals surface area contributed by atoms with Gasteiger partial charge < -0.3 is 15.5 Å². The van der Waals surface area contributed by atoms with E-state index in [2.05, 4.69) is 13.8 Å². The molecule has 0 bridgehead atoms. The second-order valence-corrected chi connectivity index (χ2v) is 8.14. The van der Waals surface area contributed by atoms with Crippen molar-refractivity contribution in [3.05, 3.63) is 29.8 Å². The predicted molar refractivity (Wildman–Crippen MR) is 99.3 cm³/mol. The van der Waals surface area contributed by atoms with Crippen molar-refractivity contribution in [2.75, 3.05) is 31.1 Å². The van der Waals surface area contributed by atoms with E-state index in [4.69, 9.17) is 5.73 Å². The summed E-state index contributed by atoms with van der Waals surface area (Å²) in [4.78, 5) is 17.0. The monoisotopic (exact) mass is 383 g/mol. The van der Waals surface area contributed by atoms with Gasteiger partial charge in [-0.3, -0.25) is 4.79 Å². The SMILES string of the molecule is CC(C)C1(C(=O)N2CCN(c3cccc(C(F)(F)F)c3)CC2)CCC(N)C1. The summed E-state index contributed by atoms with van der Waals surface area (Å²) >= 11 is 0. The average molecular weight is 383 g/mol. The smallest absolute Gasteiger partial charge is 0.368 e. The van der Waals surface area contributed by atoms with Gasteiger partial charge in [-0.05, 0) is 43.4 Å². The topological polar surface area (TPSA) is 49.6 Å². The van der Waals surface area contributed by atoms with Crippen molar-refractivity contribution in [2.24, 2.45) is 17.1 Å². The van der Waals surface area contributed by atoms with Gasteiger partial charge in [0.1, 0.15) is 0 Å². The zero-order chi connectivity index (χ0) is 19.8. The van der Waals surface area contributed by atoms with Gasteiger partial charge in [-0.2, -0.15) is 13.2 Å². The van der Waals surface area contributed by atoms with Crippen molar-refractivity contribution in [1.29, 1.82) is 0 Å². The number of carbonyl (C=O) groups is 1. The third-order valence-electron chi connectivity index (χ3n) is 6.22.